The highest BCUT2D eigenvalue weighted by atomic mass is 35.5. The van der Waals surface area contributed by atoms with Gasteiger partial charge in [-0.15, -0.1) is 0 Å². The molecule has 0 saturated heterocycles. The second kappa shape index (κ2) is 6.30. The van der Waals surface area contributed by atoms with Gasteiger partial charge in [-0.3, -0.25) is 4.79 Å². The molecule has 0 aliphatic carbocycles. The Morgan fingerprint density at radius 3 is 2.68 bits per heavy atom. The molecule has 1 atom stereocenters. The van der Waals surface area contributed by atoms with E-state index in [9.17, 15) is 9.18 Å². The summed E-state index contributed by atoms with van der Waals surface area (Å²) >= 11 is 10.6. The molecule has 1 rings (SSSR count). The first-order chi connectivity index (χ1) is 8.81. The molecule has 1 amide bonds. The van der Waals surface area contributed by atoms with Crippen molar-refractivity contribution in [2.75, 3.05) is 0 Å². The number of amides is 1. The van der Waals surface area contributed by atoms with Crippen LogP contribution in [0.15, 0.2) is 18.2 Å². The quantitative estimate of drug-likeness (QED) is 0.822. The van der Waals surface area contributed by atoms with Gasteiger partial charge in [0.1, 0.15) is 5.82 Å². The van der Waals surface area contributed by atoms with Gasteiger partial charge in [0.2, 0.25) is 5.91 Å². The summed E-state index contributed by atoms with van der Waals surface area (Å²) in [7, 11) is 0. The van der Waals surface area contributed by atoms with Crippen LogP contribution < -0.4 is 11.1 Å². The van der Waals surface area contributed by atoms with E-state index < -0.39 is 11.2 Å². The minimum atomic E-state index is -0.876. The number of nitrogens with one attached hydrogen (secondary N) is 1. The molecule has 0 fully saturated rings. The number of carbonyl (C=O) groups excluding carboxylic acids is 1. The Hall–Kier alpha value is -1.20. The van der Waals surface area contributed by atoms with E-state index in [1.54, 1.807) is 13.0 Å². The molecule has 104 valence electrons. The first kappa shape index (κ1) is 15.9. The van der Waals surface area contributed by atoms with E-state index in [-0.39, 0.29) is 22.5 Å². The maximum atomic E-state index is 13.0. The Morgan fingerprint density at radius 1 is 1.58 bits per heavy atom. The van der Waals surface area contributed by atoms with Gasteiger partial charge >= 0.3 is 0 Å². The standard InChI is InChI=1S/C13H16ClFN2OS/c1-3-13(2,11(16)19)12(18)17-7-8-4-5-10(15)9(14)6-8/h4-6H,3,7H2,1-2H3,(H2,16,19)(H,17,18). The van der Waals surface area contributed by atoms with Crippen molar-refractivity contribution in [3.63, 3.8) is 0 Å². The molecule has 1 aromatic rings. The highest BCUT2D eigenvalue weighted by Crippen LogP contribution is 2.22. The van der Waals surface area contributed by atoms with E-state index in [1.165, 1.54) is 12.1 Å². The van der Waals surface area contributed by atoms with Gasteiger partial charge in [0, 0.05) is 6.54 Å². The molecule has 1 unspecified atom stereocenters. The molecule has 0 saturated carbocycles. The molecular weight excluding hydrogens is 287 g/mol. The monoisotopic (exact) mass is 302 g/mol. The van der Waals surface area contributed by atoms with Crippen LogP contribution in [0.5, 0.6) is 0 Å². The molecule has 0 spiro atoms. The van der Waals surface area contributed by atoms with Crippen LogP contribution in [-0.4, -0.2) is 10.9 Å². The SMILES string of the molecule is CCC(C)(C(=O)NCc1ccc(F)c(Cl)c1)C(N)=S. The predicted octanol–water partition coefficient (Wildman–Crippen LogP) is 2.80. The van der Waals surface area contributed by atoms with Crippen LogP contribution in [0, 0.1) is 11.2 Å². The second-order valence-electron chi connectivity index (χ2n) is 4.48. The van der Waals surface area contributed by atoms with Crippen molar-refractivity contribution in [3.8, 4) is 0 Å². The molecule has 0 radical (unpaired) electrons. The van der Waals surface area contributed by atoms with Gasteiger partial charge in [0.25, 0.3) is 0 Å². The summed E-state index contributed by atoms with van der Waals surface area (Å²) in [6.07, 6.45) is 0.512. The van der Waals surface area contributed by atoms with E-state index in [1.807, 2.05) is 6.92 Å². The number of halogens is 2. The summed E-state index contributed by atoms with van der Waals surface area (Å²) < 4.78 is 13.0. The number of benzene rings is 1. The molecule has 1 aromatic carbocycles. The first-order valence-corrected chi connectivity index (χ1v) is 6.62. The third-order valence-corrected chi connectivity index (χ3v) is 3.93. The van der Waals surface area contributed by atoms with Crippen LogP contribution in [0.4, 0.5) is 4.39 Å². The normalized spacial score (nSPS) is 13.7. The fraction of sp³-hybridized carbons (Fsp3) is 0.385. The Labute approximate surface area is 122 Å². The minimum Gasteiger partial charge on any atom is -0.392 e. The maximum Gasteiger partial charge on any atom is 0.233 e. The third kappa shape index (κ3) is 3.64. The molecule has 19 heavy (non-hydrogen) atoms. The van der Waals surface area contributed by atoms with Crippen molar-refractivity contribution in [1.29, 1.82) is 0 Å². The smallest absolute Gasteiger partial charge is 0.233 e. The highest BCUT2D eigenvalue weighted by Gasteiger charge is 2.34. The largest absolute Gasteiger partial charge is 0.392 e. The summed E-state index contributed by atoms with van der Waals surface area (Å²) in [5.74, 6) is -0.735. The van der Waals surface area contributed by atoms with E-state index >= 15 is 0 Å². The van der Waals surface area contributed by atoms with E-state index in [2.05, 4.69) is 5.32 Å². The molecule has 0 aromatic heterocycles. The van der Waals surface area contributed by atoms with Gasteiger partial charge in [0.05, 0.1) is 15.4 Å². The van der Waals surface area contributed by atoms with Gasteiger partial charge < -0.3 is 11.1 Å². The fourth-order valence-electron chi connectivity index (χ4n) is 1.47. The summed E-state index contributed by atoms with van der Waals surface area (Å²) in [6, 6.07) is 4.29. The van der Waals surface area contributed by atoms with Crippen molar-refractivity contribution in [2.24, 2.45) is 11.1 Å². The fourth-order valence-corrected chi connectivity index (χ4v) is 1.91. The lowest BCUT2D eigenvalue weighted by Crippen LogP contribution is -2.46. The van der Waals surface area contributed by atoms with Crippen molar-refractivity contribution in [3.05, 3.63) is 34.6 Å². The summed E-state index contributed by atoms with van der Waals surface area (Å²) in [6.45, 7) is 3.78. The molecule has 6 heteroatoms. The summed E-state index contributed by atoms with van der Waals surface area (Å²) in [5.41, 5.74) is 5.43. The van der Waals surface area contributed by atoms with Gasteiger partial charge in [0.15, 0.2) is 0 Å². The van der Waals surface area contributed by atoms with Crippen LogP contribution >= 0.6 is 23.8 Å². The zero-order valence-corrected chi connectivity index (χ0v) is 12.4. The summed E-state index contributed by atoms with van der Waals surface area (Å²) in [5, 5.41) is 2.76. The maximum absolute atomic E-state index is 13.0. The number of hydrogen-bond acceptors (Lipinski definition) is 2. The average Bonchev–Trinajstić information content (AvgIpc) is 2.38. The Bertz CT molecular complexity index is 509. The average molecular weight is 303 g/mol. The van der Waals surface area contributed by atoms with Crippen molar-refractivity contribution in [1.82, 2.24) is 5.32 Å². The zero-order chi connectivity index (χ0) is 14.6. The molecule has 0 aliphatic rings. The zero-order valence-electron chi connectivity index (χ0n) is 10.8. The van der Waals surface area contributed by atoms with E-state index in [0.717, 1.165) is 0 Å². The van der Waals surface area contributed by atoms with Gasteiger partial charge in [-0.05, 0) is 31.0 Å². The Balaban J connectivity index is 2.73. The number of thiocarbonyl (C=S) groups is 1. The van der Waals surface area contributed by atoms with Crippen LogP contribution in [0.1, 0.15) is 25.8 Å². The minimum absolute atomic E-state index is 0.0272. The molecule has 0 bridgehead atoms. The van der Waals surface area contributed by atoms with Crippen molar-refractivity contribution >= 4 is 34.7 Å². The molecule has 3 nitrogen and oxygen atoms in total. The van der Waals surface area contributed by atoms with E-state index in [4.69, 9.17) is 29.6 Å². The third-order valence-electron chi connectivity index (χ3n) is 3.19. The van der Waals surface area contributed by atoms with Crippen LogP contribution in [0.2, 0.25) is 5.02 Å². The van der Waals surface area contributed by atoms with Crippen LogP contribution in [0.25, 0.3) is 0 Å². The lowest BCUT2D eigenvalue weighted by molar-refractivity contribution is -0.127. The van der Waals surface area contributed by atoms with E-state index in [0.29, 0.717) is 12.0 Å². The Morgan fingerprint density at radius 2 is 2.21 bits per heavy atom. The van der Waals surface area contributed by atoms with Crippen LogP contribution in [0.3, 0.4) is 0 Å². The lowest BCUT2D eigenvalue weighted by Gasteiger charge is -2.25. The predicted molar refractivity (Wildman–Crippen MR) is 78.4 cm³/mol. The number of rotatable bonds is 5. The van der Waals surface area contributed by atoms with Gasteiger partial charge in [-0.1, -0.05) is 36.8 Å². The number of nitrogens with two attached hydrogens (primary N) is 1. The second-order valence-corrected chi connectivity index (χ2v) is 5.33. The van der Waals surface area contributed by atoms with Crippen molar-refractivity contribution in [2.45, 2.75) is 26.8 Å². The molecule has 0 aliphatic heterocycles. The van der Waals surface area contributed by atoms with Gasteiger partial charge in [-0.25, -0.2) is 4.39 Å². The van der Waals surface area contributed by atoms with Gasteiger partial charge in [-0.2, -0.15) is 0 Å². The Kier molecular flexibility index (Phi) is 5.26. The number of hydrogen-bond donors (Lipinski definition) is 2. The van der Waals surface area contributed by atoms with Crippen molar-refractivity contribution < 1.29 is 9.18 Å². The highest BCUT2D eigenvalue weighted by molar-refractivity contribution is 7.80. The molecule has 3 N–H and O–H groups in total. The summed E-state index contributed by atoms with van der Waals surface area (Å²) in [4.78, 5) is 12.2. The number of carbonyl (C=O) groups is 1. The lowest BCUT2D eigenvalue weighted by atomic mass is 9.86. The molecular formula is C13H16ClFN2OS. The first-order valence-electron chi connectivity index (χ1n) is 5.83. The molecule has 0 heterocycles. The van der Waals surface area contributed by atoms with Crippen LogP contribution in [-0.2, 0) is 11.3 Å². The topological polar surface area (TPSA) is 55.1 Å².